The van der Waals surface area contributed by atoms with Gasteiger partial charge in [0.05, 0.1) is 57.4 Å². The Hall–Kier alpha value is -7.38. The highest BCUT2D eigenvalue weighted by molar-refractivity contribution is 9.10. The highest BCUT2D eigenvalue weighted by Gasteiger charge is 2.52. The molecule has 0 spiro atoms. The van der Waals surface area contributed by atoms with Gasteiger partial charge in [0.1, 0.15) is 11.6 Å². The van der Waals surface area contributed by atoms with Crippen LogP contribution in [0, 0.1) is 41.5 Å². The molecule has 0 aromatic carbocycles. The summed E-state index contributed by atoms with van der Waals surface area (Å²) >= 11 is 3.43. The standard InChI is InChI=1S/C27H28N8O.C22H21BrN6O.C11H19BN2O2.2H2S/c1-16-11-23(20-6-8-28-17(2)12-20)30-26-25(16)34-10-7-21(14-34)35(26)27(36)31-24-13-19(5-9-29-24)22-15-33(4)32-18(22)3;1-13-9-18(15-3-6-24-14(2)10-15)26-21-20(13)28-8-5-17(12-28)29(21)22(30)27-19-11-16(23)4-7-25-19;1-8-9(7-14(6)13-8)12-15-10(2,3)11(4,5)16-12;;/h5-6,8-9,11-13,15,21H,7,10,14H2,1-4H3,(H,29,31,36);3-4,6-7,9-11,17H,5,8,12H2,1-2H3,(H,25,27,30);7H,1-6H3;2*1H2/t21-;17-;;;/m00.../s1. The number of hydrogen-bond acceptors (Lipinski definition) is 14. The van der Waals surface area contributed by atoms with E-state index in [4.69, 9.17) is 19.3 Å². The van der Waals surface area contributed by atoms with E-state index in [1.807, 2.05) is 106 Å². The summed E-state index contributed by atoms with van der Waals surface area (Å²) in [7, 11) is 3.50. The summed E-state index contributed by atoms with van der Waals surface area (Å²) in [5.41, 5.74) is 14.1. The van der Waals surface area contributed by atoms with Crippen LogP contribution in [0.1, 0.15) is 74.4 Å². The van der Waals surface area contributed by atoms with Crippen LogP contribution < -0.4 is 35.7 Å². The quantitative estimate of drug-likeness (QED) is 0.149. The summed E-state index contributed by atoms with van der Waals surface area (Å²) in [6.45, 7) is 23.7. The molecule has 0 radical (unpaired) electrons. The van der Waals surface area contributed by atoms with E-state index in [0.717, 1.165) is 128 Å². The van der Waals surface area contributed by atoms with Gasteiger partial charge in [0.2, 0.25) is 0 Å². The molecule has 4 amide bonds. The molecule has 4 bridgehead atoms. The Morgan fingerprint density at radius 3 is 1.50 bits per heavy atom. The molecule has 2 atom stereocenters. The van der Waals surface area contributed by atoms with E-state index in [-0.39, 0.29) is 69.5 Å². The number of amides is 4. The van der Waals surface area contributed by atoms with Crippen LogP contribution in [0.3, 0.4) is 0 Å². The molecule has 13 heterocycles. The van der Waals surface area contributed by atoms with Crippen molar-refractivity contribution in [1.82, 2.24) is 49.5 Å². The maximum absolute atomic E-state index is 13.7. The van der Waals surface area contributed by atoms with Crippen LogP contribution in [0.25, 0.3) is 33.6 Å². The van der Waals surface area contributed by atoms with E-state index < -0.39 is 0 Å². The molecule has 8 aromatic rings. The first kappa shape index (κ1) is 61.2. The Kier molecular flexibility index (Phi) is 17.7. The Morgan fingerprint density at radius 2 is 1.05 bits per heavy atom. The van der Waals surface area contributed by atoms with Crippen LogP contribution in [-0.4, -0.2) is 118 Å². The number of aromatic nitrogens is 10. The van der Waals surface area contributed by atoms with Gasteiger partial charge in [-0.05, 0) is 159 Å². The maximum atomic E-state index is 13.7. The lowest BCUT2D eigenvalue weighted by Crippen LogP contribution is -2.48. The molecule has 438 valence electrons. The molecule has 2 N–H and O–H groups in total. The normalized spacial score (nSPS) is 17.4. The van der Waals surface area contributed by atoms with Gasteiger partial charge < -0.3 is 19.1 Å². The van der Waals surface area contributed by atoms with E-state index in [0.29, 0.717) is 23.3 Å². The average molecular weight is 1240 g/mol. The first-order valence-corrected chi connectivity index (χ1v) is 28.4. The molecule has 5 aliphatic rings. The van der Waals surface area contributed by atoms with Crippen LogP contribution in [-0.2, 0) is 23.4 Å². The van der Waals surface area contributed by atoms with Crippen molar-refractivity contribution in [3.63, 3.8) is 0 Å². The van der Waals surface area contributed by atoms with Gasteiger partial charge in [-0.25, -0.2) is 29.5 Å². The van der Waals surface area contributed by atoms with E-state index in [1.54, 1.807) is 40.2 Å². The van der Waals surface area contributed by atoms with Gasteiger partial charge in [-0.2, -0.15) is 37.2 Å². The number of halogens is 1. The predicted molar refractivity (Wildman–Crippen MR) is 346 cm³/mol. The van der Waals surface area contributed by atoms with Crippen molar-refractivity contribution in [2.24, 2.45) is 14.1 Å². The molecule has 0 aliphatic carbocycles. The van der Waals surface area contributed by atoms with Crippen molar-refractivity contribution < 1.29 is 18.9 Å². The van der Waals surface area contributed by atoms with E-state index in [2.05, 4.69) is 120 Å². The SMILES string of the molecule is Cc1cc(-c2cc(C)c3c(n2)N(C(=O)Nc2cc(-c4cn(C)nc4C)ccn2)[C@H]2CCN3C2)ccn1.Cc1cc(-c2cc(C)c3c(n2)N(C(=O)Nc2cc(Br)ccn2)[C@H]2CCN3C2)ccn1.Cc1nn(C)cc1B1OC(C)(C)C(C)(C)O1.S.S. The van der Waals surface area contributed by atoms with E-state index in [1.165, 1.54) is 0 Å². The lowest BCUT2D eigenvalue weighted by molar-refractivity contribution is 0.00578. The third kappa shape index (κ3) is 12.3. The molecule has 84 heavy (non-hydrogen) atoms. The highest BCUT2D eigenvalue weighted by atomic mass is 79.9. The van der Waals surface area contributed by atoms with Crippen LogP contribution in [0.4, 0.5) is 44.2 Å². The number of carbonyl (C=O) groups is 2. The summed E-state index contributed by atoms with van der Waals surface area (Å²) in [5.74, 6) is 2.42. The van der Waals surface area contributed by atoms with E-state index in [9.17, 15) is 9.59 Å². The van der Waals surface area contributed by atoms with Crippen LogP contribution in [0.15, 0.2) is 102 Å². The first-order chi connectivity index (χ1) is 39.1. The minimum absolute atomic E-state index is 0. The van der Waals surface area contributed by atoms with Gasteiger partial charge in [-0.15, -0.1) is 0 Å². The largest absolute Gasteiger partial charge is 0.498 e. The zero-order chi connectivity index (χ0) is 57.9. The number of nitrogens with one attached hydrogen (secondary N) is 2. The second-order valence-corrected chi connectivity index (χ2v) is 23.7. The molecule has 3 saturated heterocycles. The third-order valence-electron chi connectivity index (χ3n) is 16.1. The maximum Gasteiger partial charge on any atom is 0.498 e. The fourth-order valence-electron chi connectivity index (χ4n) is 11.5. The number of hydrogen-bond donors (Lipinski definition) is 2. The van der Waals surface area contributed by atoms with Crippen molar-refractivity contribution in [2.75, 3.05) is 56.4 Å². The summed E-state index contributed by atoms with van der Waals surface area (Å²) in [4.78, 5) is 62.6. The monoisotopic (exact) mass is 1230 g/mol. The van der Waals surface area contributed by atoms with Crippen LogP contribution in [0.5, 0.6) is 0 Å². The Morgan fingerprint density at radius 1 is 0.595 bits per heavy atom. The minimum atomic E-state index is -0.307. The molecule has 3 fully saturated rings. The number of carbonyl (C=O) groups excluding carboxylic acids is 2. The third-order valence-corrected chi connectivity index (χ3v) is 16.6. The second kappa shape index (κ2) is 24.3. The Bertz CT molecular complexity index is 3770. The fourth-order valence-corrected chi connectivity index (χ4v) is 11.8. The van der Waals surface area contributed by atoms with Gasteiger partial charge in [0, 0.05) is 115 Å². The number of urea groups is 2. The smallest absolute Gasteiger partial charge is 0.399 e. The summed E-state index contributed by atoms with van der Waals surface area (Å²) < 4.78 is 16.4. The molecule has 20 nitrogen and oxygen atoms in total. The summed E-state index contributed by atoms with van der Waals surface area (Å²) in [5, 5.41) is 14.7. The van der Waals surface area contributed by atoms with Gasteiger partial charge in [-0.1, -0.05) is 15.9 Å². The van der Waals surface area contributed by atoms with Crippen LogP contribution >= 0.6 is 42.9 Å². The topological polar surface area (TPSA) is 203 Å². The lowest BCUT2D eigenvalue weighted by atomic mass is 9.79. The molecule has 0 saturated carbocycles. The number of pyridine rings is 6. The summed E-state index contributed by atoms with van der Waals surface area (Å²) in [6.07, 6.45) is 12.7. The van der Waals surface area contributed by atoms with Crippen molar-refractivity contribution in [3.05, 3.63) is 136 Å². The molecular weight excluding hydrogens is 1160 g/mol. The van der Waals surface area contributed by atoms with E-state index >= 15 is 0 Å². The number of rotatable bonds is 6. The molecule has 24 heteroatoms. The Labute approximate surface area is 513 Å². The Balaban J connectivity index is 0.000000160. The molecule has 13 rings (SSSR count). The predicted octanol–water partition coefficient (Wildman–Crippen LogP) is 10.3. The number of nitrogens with zero attached hydrogens (tertiary/aromatic N) is 14. The number of fused-ring (bicyclic) bond motifs is 8. The van der Waals surface area contributed by atoms with Crippen molar-refractivity contribution >= 4 is 102 Å². The molecular formula is C60H72BBrN16O4S2. The molecule has 8 aromatic heterocycles. The zero-order valence-corrected chi connectivity index (χ0v) is 53.1. The van der Waals surface area contributed by atoms with Crippen molar-refractivity contribution in [3.8, 4) is 33.6 Å². The van der Waals surface area contributed by atoms with Gasteiger partial charge in [-0.3, -0.25) is 39.8 Å². The van der Waals surface area contributed by atoms with Gasteiger partial charge in [0.25, 0.3) is 0 Å². The van der Waals surface area contributed by atoms with Crippen molar-refractivity contribution in [2.45, 2.75) is 105 Å². The zero-order valence-electron chi connectivity index (χ0n) is 49.5. The first-order valence-electron chi connectivity index (χ1n) is 27.6. The van der Waals surface area contributed by atoms with Gasteiger partial charge in [0.15, 0.2) is 11.6 Å². The minimum Gasteiger partial charge on any atom is -0.399 e. The molecule has 5 aliphatic heterocycles. The summed E-state index contributed by atoms with van der Waals surface area (Å²) in [6, 6.07) is 19.3. The highest BCUT2D eigenvalue weighted by Crippen LogP contribution is 2.45. The number of anilines is 6. The van der Waals surface area contributed by atoms with Crippen molar-refractivity contribution in [1.29, 1.82) is 0 Å². The second-order valence-electron chi connectivity index (χ2n) is 22.8. The van der Waals surface area contributed by atoms with Gasteiger partial charge >= 0.3 is 19.2 Å². The molecule has 0 unspecified atom stereocenters. The average Bonchev–Trinajstić information content (AvgIpc) is 1.79. The van der Waals surface area contributed by atoms with Crippen LogP contribution in [0.2, 0.25) is 0 Å². The fraction of sp³-hybridized carbons (Fsp3) is 0.367. The lowest BCUT2D eigenvalue weighted by Gasteiger charge is -2.36. The number of aryl methyl sites for hydroxylation is 8.